The fourth-order valence-corrected chi connectivity index (χ4v) is 5.22. The van der Waals surface area contributed by atoms with Crippen molar-refractivity contribution in [2.24, 2.45) is 0 Å². The van der Waals surface area contributed by atoms with E-state index in [-0.39, 0.29) is 0 Å². The van der Waals surface area contributed by atoms with Gasteiger partial charge in [0.25, 0.3) is 0 Å². The predicted octanol–water partition coefficient (Wildman–Crippen LogP) is 6.58. The van der Waals surface area contributed by atoms with E-state index in [2.05, 4.69) is 104 Å². The minimum atomic E-state index is 0.625. The van der Waals surface area contributed by atoms with Gasteiger partial charge in [-0.1, -0.05) is 54.1 Å². The lowest BCUT2D eigenvalue weighted by Gasteiger charge is -2.31. The Labute approximate surface area is 216 Å². The Morgan fingerprint density at radius 2 is 1.53 bits per heavy atom. The zero-order valence-corrected chi connectivity index (χ0v) is 21.9. The molecule has 3 aromatic carbocycles. The number of anilines is 1. The smallest absolute Gasteiger partial charge is 0.126 e. The first-order valence-electron chi connectivity index (χ1n) is 13.2. The van der Waals surface area contributed by atoms with Gasteiger partial charge >= 0.3 is 0 Å². The van der Waals surface area contributed by atoms with Crippen molar-refractivity contribution in [2.75, 3.05) is 45.4 Å². The highest BCUT2D eigenvalue weighted by Crippen LogP contribution is 2.31. The second-order valence-electron chi connectivity index (χ2n) is 10.3. The summed E-state index contributed by atoms with van der Waals surface area (Å²) >= 11 is 0. The second kappa shape index (κ2) is 11.3. The summed E-state index contributed by atoms with van der Waals surface area (Å²) in [5.74, 6) is 0.974. The molecule has 0 radical (unpaired) electrons. The van der Waals surface area contributed by atoms with Gasteiger partial charge in [0.15, 0.2) is 0 Å². The fraction of sp³-hybridized carbons (Fsp3) is 0.375. The third-order valence-electron chi connectivity index (χ3n) is 7.50. The van der Waals surface area contributed by atoms with Crippen molar-refractivity contribution >= 4 is 11.8 Å². The van der Waals surface area contributed by atoms with E-state index in [0.717, 1.165) is 51.3 Å². The van der Waals surface area contributed by atoms with Crippen molar-refractivity contribution in [3.8, 4) is 16.9 Å². The molecule has 4 nitrogen and oxygen atoms in total. The van der Waals surface area contributed by atoms with Crippen molar-refractivity contribution in [1.82, 2.24) is 4.90 Å². The van der Waals surface area contributed by atoms with Crippen LogP contribution in [-0.2, 0) is 11.3 Å². The summed E-state index contributed by atoms with van der Waals surface area (Å²) in [5.41, 5.74) is 8.90. The molecule has 5 rings (SSSR count). The van der Waals surface area contributed by atoms with Crippen molar-refractivity contribution in [1.29, 1.82) is 0 Å². The molecule has 2 aliphatic rings. The third-order valence-corrected chi connectivity index (χ3v) is 7.50. The number of aryl methyl sites for hydroxylation is 1. The van der Waals surface area contributed by atoms with Crippen molar-refractivity contribution in [3.63, 3.8) is 0 Å². The quantitative estimate of drug-likeness (QED) is 0.380. The van der Waals surface area contributed by atoms with E-state index in [1.165, 1.54) is 39.1 Å². The fourth-order valence-electron chi connectivity index (χ4n) is 5.22. The maximum atomic E-state index is 6.10. The van der Waals surface area contributed by atoms with E-state index in [1.54, 1.807) is 0 Å². The molecule has 1 fully saturated rings. The van der Waals surface area contributed by atoms with Crippen LogP contribution >= 0.6 is 0 Å². The van der Waals surface area contributed by atoms with Crippen LogP contribution in [0, 0.1) is 6.92 Å². The first kappa shape index (κ1) is 24.6. The number of benzene rings is 3. The summed E-state index contributed by atoms with van der Waals surface area (Å²) in [7, 11) is 4.41. The molecule has 0 amide bonds. The summed E-state index contributed by atoms with van der Waals surface area (Å²) in [5, 5.41) is 0. The van der Waals surface area contributed by atoms with E-state index in [4.69, 9.17) is 9.47 Å². The van der Waals surface area contributed by atoms with Gasteiger partial charge < -0.3 is 14.4 Å². The van der Waals surface area contributed by atoms with Gasteiger partial charge in [0, 0.05) is 57.1 Å². The Morgan fingerprint density at radius 1 is 0.806 bits per heavy atom. The highest BCUT2D eigenvalue weighted by molar-refractivity contribution is 5.72. The van der Waals surface area contributed by atoms with Crippen LogP contribution in [0.5, 0.6) is 5.75 Å². The zero-order chi connectivity index (χ0) is 24.9. The molecule has 2 aliphatic heterocycles. The first-order valence-corrected chi connectivity index (χ1v) is 13.2. The molecule has 1 saturated heterocycles. The van der Waals surface area contributed by atoms with Gasteiger partial charge in [-0.25, -0.2) is 0 Å². The summed E-state index contributed by atoms with van der Waals surface area (Å²) in [6.07, 6.45) is 5.53. The molecule has 0 atom stereocenters. The standard InChI is InChI=1S/C32H38N2O2/c1-24-4-8-27(9-5-24)28-10-13-32-29(21-28)20-26(14-19-36-32)23-34(3)30-11-6-25(7-12-30)22-33(2)31-15-17-35-18-16-31/h4-13,20-21,31H,14-19,22-23H2,1-3H3. The van der Waals surface area contributed by atoms with Crippen molar-refractivity contribution < 1.29 is 9.47 Å². The molecule has 2 heterocycles. The highest BCUT2D eigenvalue weighted by atomic mass is 16.5. The molecule has 4 heteroatoms. The lowest BCUT2D eigenvalue weighted by atomic mass is 10.00. The SMILES string of the molecule is Cc1ccc(-c2ccc3c(c2)C=C(CN(C)c2ccc(CN(C)C4CCOCC4)cc2)CCO3)cc1. The van der Waals surface area contributed by atoms with E-state index < -0.39 is 0 Å². The predicted molar refractivity (Wildman–Crippen MR) is 150 cm³/mol. The number of hydrogen-bond acceptors (Lipinski definition) is 4. The summed E-state index contributed by atoms with van der Waals surface area (Å²) in [6, 6.07) is 24.9. The van der Waals surface area contributed by atoms with E-state index in [1.807, 2.05) is 0 Å². The highest BCUT2D eigenvalue weighted by Gasteiger charge is 2.18. The Kier molecular flexibility index (Phi) is 7.74. The summed E-state index contributed by atoms with van der Waals surface area (Å²) in [6.45, 7) is 6.48. The van der Waals surface area contributed by atoms with Gasteiger partial charge in [0.05, 0.1) is 6.61 Å². The zero-order valence-electron chi connectivity index (χ0n) is 21.9. The van der Waals surface area contributed by atoms with Crippen LogP contribution < -0.4 is 9.64 Å². The molecule has 0 spiro atoms. The minimum absolute atomic E-state index is 0.625. The van der Waals surface area contributed by atoms with Gasteiger partial charge in [-0.3, -0.25) is 4.90 Å². The number of rotatable bonds is 7. The average Bonchev–Trinajstić information content (AvgIpc) is 3.11. The van der Waals surface area contributed by atoms with E-state index in [0.29, 0.717) is 12.6 Å². The Balaban J connectivity index is 1.26. The van der Waals surface area contributed by atoms with Crippen LogP contribution in [0.25, 0.3) is 17.2 Å². The topological polar surface area (TPSA) is 24.9 Å². The number of hydrogen-bond donors (Lipinski definition) is 0. The van der Waals surface area contributed by atoms with Crippen LogP contribution in [0.4, 0.5) is 5.69 Å². The summed E-state index contributed by atoms with van der Waals surface area (Å²) in [4.78, 5) is 4.81. The third kappa shape index (κ3) is 6.00. The molecule has 0 saturated carbocycles. The van der Waals surface area contributed by atoms with Crippen LogP contribution in [0.1, 0.15) is 36.0 Å². The molecular formula is C32H38N2O2. The molecule has 0 aliphatic carbocycles. The van der Waals surface area contributed by atoms with Gasteiger partial charge in [0.1, 0.15) is 5.75 Å². The molecule has 0 unspecified atom stereocenters. The van der Waals surface area contributed by atoms with Crippen molar-refractivity contribution in [3.05, 3.63) is 89.0 Å². The molecule has 0 N–H and O–H groups in total. The molecule has 0 aromatic heterocycles. The lowest BCUT2D eigenvalue weighted by Crippen LogP contribution is -2.36. The number of likely N-dealkylation sites (N-methyl/N-ethyl adjacent to an activating group) is 1. The monoisotopic (exact) mass is 482 g/mol. The van der Waals surface area contributed by atoms with Crippen LogP contribution in [0.2, 0.25) is 0 Å². The maximum Gasteiger partial charge on any atom is 0.126 e. The normalized spacial score (nSPS) is 16.2. The molecule has 188 valence electrons. The van der Waals surface area contributed by atoms with E-state index in [9.17, 15) is 0 Å². The Hall–Kier alpha value is -3.08. The van der Waals surface area contributed by atoms with Gasteiger partial charge in [-0.2, -0.15) is 0 Å². The Morgan fingerprint density at radius 3 is 2.28 bits per heavy atom. The van der Waals surface area contributed by atoms with E-state index >= 15 is 0 Å². The lowest BCUT2D eigenvalue weighted by molar-refractivity contribution is 0.0407. The van der Waals surface area contributed by atoms with Crippen molar-refractivity contribution in [2.45, 2.75) is 38.8 Å². The van der Waals surface area contributed by atoms with Crippen LogP contribution in [0.15, 0.2) is 72.3 Å². The average molecular weight is 483 g/mol. The second-order valence-corrected chi connectivity index (χ2v) is 10.3. The molecule has 36 heavy (non-hydrogen) atoms. The number of fused-ring (bicyclic) bond motifs is 1. The Bertz CT molecular complexity index is 1180. The molecule has 0 bridgehead atoms. The molecular weight excluding hydrogens is 444 g/mol. The number of ether oxygens (including phenoxy) is 2. The first-order chi connectivity index (χ1) is 17.5. The maximum absolute atomic E-state index is 6.10. The summed E-state index contributed by atoms with van der Waals surface area (Å²) < 4.78 is 11.6. The van der Waals surface area contributed by atoms with Gasteiger partial charge in [-0.15, -0.1) is 0 Å². The van der Waals surface area contributed by atoms with Gasteiger partial charge in [0.2, 0.25) is 0 Å². The number of nitrogens with zero attached hydrogens (tertiary/aromatic N) is 2. The minimum Gasteiger partial charge on any atom is -0.493 e. The van der Waals surface area contributed by atoms with Crippen LogP contribution in [-0.4, -0.2) is 51.4 Å². The largest absolute Gasteiger partial charge is 0.493 e. The molecule has 3 aromatic rings. The van der Waals surface area contributed by atoms with Gasteiger partial charge in [-0.05, 0) is 73.3 Å². The van der Waals surface area contributed by atoms with Crippen LogP contribution in [0.3, 0.4) is 0 Å².